The molecule has 0 unspecified atom stereocenters. The highest BCUT2D eigenvalue weighted by molar-refractivity contribution is 7.15. The number of hydroxylamine groups is 1. The average Bonchev–Trinajstić information content (AvgIpc) is 2.93. The van der Waals surface area contributed by atoms with Gasteiger partial charge in [0.15, 0.2) is 0 Å². The number of alkyl halides is 3. The van der Waals surface area contributed by atoms with Gasteiger partial charge in [0, 0.05) is 4.88 Å². The zero-order chi connectivity index (χ0) is 13.2. The molecule has 0 saturated heterocycles. The van der Waals surface area contributed by atoms with Gasteiger partial charge in [-0.05, 0) is 23.7 Å². The third kappa shape index (κ3) is 3.02. The summed E-state index contributed by atoms with van der Waals surface area (Å²) in [6.07, 6.45) is 0. The highest BCUT2D eigenvalue weighted by Gasteiger charge is 2.35. The molecule has 2 aromatic rings. The molecule has 0 aliphatic rings. The lowest BCUT2D eigenvalue weighted by atomic mass is 10.4. The third-order valence-corrected chi connectivity index (χ3v) is 3.18. The maximum atomic E-state index is 12.7. The van der Waals surface area contributed by atoms with Crippen LogP contribution in [0.5, 0.6) is 0 Å². The lowest BCUT2D eigenvalue weighted by Gasteiger charge is -1.97. The van der Waals surface area contributed by atoms with Crippen molar-refractivity contribution in [1.29, 1.82) is 0 Å². The van der Waals surface area contributed by atoms with Crippen LogP contribution in [-0.4, -0.2) is 17.3 Å². The second-order valence-corrected chi connectivity index (χ2v) is 4.86. The first-order valence-electron chi connectivity index (χ1n) is 4.76. The first kappa shape index (κ1) is 13.3. The minimum Gasteiger partial charge on any atom is -0.331 e. The van der Waals surface area contributed by atoms with Gasteiger partial charge in [-0.1, -0.05) is 5.16 Å². The second-order valence-electron chi connectivity index (χ2n) is 3.21. The molecule has 0 spiro atoms. The first-order chi connectivity index (χ1) is 8.50. The summed E-state index contributed by atoms with van der Waals surface area (Å²) in [6.45, 7) is 0.498. The fourth-order valence-electron chi connectivity index (χ4n) is 1.18. The predicted octanol–water partition coefficient (Wildman–Crippen LogP) is 2.74. The maximum Gasteiger partial charge on any atom is 0.400 e. The molecular weight excluding hydrogens is 288 g/mol. The minimum absolute atomic E-state index is 0.0824. The summed E-state index contributed by atoms with van der Waals surface area (Å²) in [5, 5.41) is -0.195. The SMILES string of the molecule is CONCc1ccc(-c2noc(C(F)(F)Cl)n2)s1. The molecule has 0 aliphatic carbocycles. The molecule has 18 heavy (non-hydrogen) atoms. The van der Waals surface area contributed by atoms with Crippen LogP contribution in [0, 0.1) is 0 Å². The number of rotatable bonds is 5. The fraction of sp³-hybridized carbons (Fsp3) is 0.333. The Hall–Kier alpha value is -1.09. The Morgan fingerprint density at radius 1 is 1.56 bits per heavy atom. The highest BCUT2D eigenvalue weighted by atomic mass is 35.5. The molecule has 2 heterocycles. The second kappa shape index (κ2) is 5.27. The lowest BCUT2D eigenvalue weighted by Crippen LogP contribution is -2.09. The van der Waals surface area contributed by atoms with E-state index in [1.54, 1.807) is 12.1 Å². The van der Waals surface area contributed by atoms with Crippen molar-refractivity contribution in [3.05, 3.63) is 22.9 Å². The molecule has 5 nitrogen and oxygen atoms in total. The predicted molar refractivity (Wildman–Crippen MR) is 61.2 cm³/mol. The molecule has 0 radical (unpaired) electrons. The number of aromatic nitrogens is 2. The van der Waals surface area contributed by atoms with Crippen LogP contribution in [0.25, 0.3) is 10.7 Å². The van der Waals surface area contributed by atoms with E-state index in [-0.39, 0.29) is 5.82 Å². The van der Waals surface area contributed by atoms with Crippen molar-refractivity contribution in [2.24, 2.45) is 0 Å². The summed E-state index contributed by atoms with van der Waals surface area (Å²) in [4.78, 5) is 9.79. The Balaban J connectivity index is 2.16. The summed E-state index contributed by atoms with van der Waals surface area (Å²) in [6, 6.07) is 3.51. The molecule has 0 aromatic carbocycles. The van der Waals surface area contributed by atoms with Crippen molar-refractivity contribution in [3.8, 4) is 10.7 Å². The number of hydrogen-bond donors (Lipinski definition) is 1. The van der Waals surface area contributed by atoms with Crippen molar-refractivity contribution >= 4 is 22.9 Å². The molecule has 0 atom stereocenters. The van der Waals surface area contributed by atoms with Crippen molar-refractivity contribution in [2.75, 3.05) is 7.11 Å². The molecular formula is C9H8ClF2N3O2S. The number of hydrogen-bond acceptors (Lipinski definition) is 6. The van der Waals surface area contributed by atoms with Gasteiger partial charge in [0.25, 0.3) is 0 Å². The van der Waals surface area contributed by atoms with Gasteiger partial charge in [-0.15, -0.1) is 11.3 Å². The quantitative estimate of drug-likeness (QED) is 0.679. The van der Waals surface area contributed by atoms with Gasteiger partial charge in [0.2, 0.25) is 5.82 Å². The van der Waals surface area contributed by atoms with Gasteiger partial charge in [0.1, 0.15) is 0 Å². The number of thiophene rings is 1. The molecule has 0 bridgehead atoms. The van der Waals surface area contributed by atoms with Crippen LogP contribution < -0.4 is 5.48 Å². The standard InChI is InChI=1S/C9H8ClF2N3O2S/c1-16-13-4-5-2-3-6(18-5)7-14-8(17-15-7)9(10,11)12/h2-3,13H,4H2,1H3. The van der Waals surface area contributed by atoms with Gasteiger partial charge in [-0.2, -0.15) is 19.2 Å². The molecule has 0 fully saturated rings. The summed E-state index contributed by atoms with van der Waals surface area (Å²) in [7, 11) is 1.50. The van der Waals surface area contributed by atoms with Gasteiger partial charge < -0.3 is 9.36 Å². The van der Waals surface area contributed by atoms with Crippen LogP contribution in [0.3, 0.4) is 0 Å². The molecule has 9 heteroatoms. The van der Waals surface area contributed by atoms with Gasteiger partial charge in [-0.25, -0.2) is 0 Å². The first-order valence-corrected chi connectivity index (χ1v) is 5.96. The van der Waals surface area contributed by atoms with E-state index in [2.05, 4.69) is 20.1 Å². The summed E-state index contributed by atoms with van der Waals surface area (Å²) < 4.78 is 29.8. The molecule has 1 N–H and O–H groups in total. The number of nitrogens with one attached hydrogen (secondary N) is 1. The Morgan fingerprint density at radius 2 is 2.33 bits per heavy atom. The number of halogens is 3. The van der Waals surface area contributed by atoms with E-state index in [0.717, 1.165) is 4.88 Å². The van der Waals surface area contributed by atoms with E-state index in [1.807, 2.05) is 0 Å². The van der Waals surface area contributed by atoms with Crippen molar-refractivity contribution in [2.45, 2.75) is 11.9 Å². The van der Waals surface area contributed by atoms with Crippen LogP contribution >= 0.6 is 22.9 Å². The Kier molecular flexibility index (Phi) is 3.91. The molecule has 0 amide bonds. The van der Waals surface area contributed by atoms with E-state index in [0.29, 0.717) is 11.4 Å². The van der Waals surface area contributed by atoms with Gasteiger partial charge >= 0.3 is 11.3 Å². The molecule has 0 saturated carbocycles. The minimum atomic E-state index is -3.65. The Labute approximate surface area is 110 Å². The van der Waals surface area contributed by atoms with Crippen LogP contribution in [0.4, 0.5) is 8.78 Å². The maximum absolute atomic E-state index is 12.7. The summed E-state index contributed by atoms with van der Waals surface area (Å²) >= 11 is 6.11. The Bertz CT molecular complexity index is 526. The van der Waals surface area contributed by atoms with Crippen molar-refractivity contribution in [3.63, 3.8) is 0 Å². The van der Waals surface area contributed by atoms with E-state index in [4.69, 9.17) is 16.4 Å². The number of nitrogens with zero attached hydrogens (tertiary/aromatic N) is 2. The molecule has 2 rings (SSSR count). The van der Waals surface area contributed by atoms with Crippen LogP contribution in [0.15, 0.2) is 16.7 Å². The zero-order valence-electron chi connectivity index (χ0n) is 9.11. The molecule has 2 aromatic heterocycles. The van der Waals surface area contributed by atoms with Gasteiger partial charge in [0.05, 0.1) is 18.5 Å². The smallest absolute Gasteiger partial charge is 0.331 e. The van der Waals surface area contributed by atoms with Gasteiger partial charge in [-0.3, -0.25) is 0 Å². The summed E-state index contributed by atoms with van der Waals surface area (Å²) in [5.74, 6) is -0.830. The zero-order valence-corrected chi connectivity index (χ0v) is 10.7. The topological polar surface area (TPSA) is 60.2 Å². The van der Waals surface area contributed by atoms with Crippen molar-refractivity contribution < 1.29 is 18.1 Å². The average molecular weight is 296 g/mol. The highest BCUT2D eigenvalue weighted by Crippen LogP contribution is 2.33. The van der Waals surface area contributed by atoms with Crippen LogP contribution in [0.1, 0.15) is 10.8 Å². The lowest BCUT2D eigenvalue weighted by molar-refractivity contribution is 0.0551. The van der Waals surface area contributed by atoms with Crippen molar-refractivity contribution in [1.82, 2.24) is 15.6 Å². The van der Waals surface area contributed by atoms with Crippen LogP contribution in [0.2, 0.25) is 0 Å². The third-order valence-electron chi connectivity index (χ3n) is 1.94. The van der Waals surface area contributed by atoms with Crippen LogP contribution in [-0.2, 0) is 16.8 Å². The normalized spacial score (nSPS) is 12.0. The summed E-state index contributed by atoms with van der Waals surface area (Å²) in [5.41, 5.74) is 2.66. The molecule has 0 aliphatic heterocycles. The monoisotopic (exact) mass is 295 g/mol. The van der Waals surface area contributed by atoms with E-state index < -0.39 is 11.3 Å². The van der Waals surface area contributed by atoms with E-state index in [9.17, 15) is 8.78 Å². The Morgan fingerprint density at radius 3 is 2.94 bits per heavy atom. The van der Waals surface area contributed by atoms with E-state index >= 15 is 0 Å². The largest absolute Gasteiger partial charge is 0.400 e. The molecule has 98 valence electrons. The van der Waals surface area contributed by atoms with E-state index in [1.165, 1.54) is 18.4 Å². The fourth-order valence-corrected chi connectivity index (χ4v) is 2.11.